The molecule has 1 aliphatic heterocycles. The number of oxazole rings is 1. The number of fused-ring (bicyclic) bond motifs is 2. The van der Waals surface area contributed by atoms with Gasteiger partial charge in [-0.05, 0) is 36.4 Å². The predicted molar refractivity (Wildman–Crippen MR) is 100 cm³/mol. The first-order valence-electron chi connectivity index (χ1n) is 8.41. The SMILES string of the molecule is O=C(Nc1ccc2c(c1)OCO2)Nc1cccc(-c2nc3ncccc3o2)n1. The maximum atomic E-state index is 12.3. The molecular formula is C19H13N5O4. The second kappa shape index (κ2) is 6.54. The molecule has 0 atom stereocenters. The first kappa shape index (κ1) is 16.1. The van der Waals surface area contributed by atoms with E-state index in [-0.39, 0.29) is 6.79 Å². The molecule has 1 aliphatic rings. The van der Waals surface area contributed by atoms with Crippen LogP contribution in [0.15, 0.2) is 59.1 Å². The van der Waals surface area contributed by atoms with E-state index in [9.17, 15) is 4.79 Å². The third-order valence-electron chi connectivity index (χ3n) is 4.01. The molecule has 0 saturated carbocycles. The van der Waals surface area contributed by atoms with E-state index < -0.39 is 6.03 Å². The highest BCUT2D eigenvalue weighted by atomic mass is 16.7. The van der Waals surface area contributed by atoms with Crippen molar-refractivity contribution in [2.24, 2.45) is 0 Å². The van der Waals surface area contributed by atoms with Crippen LogP contribution in [-0.4, -0.2) is 27.8 Å². The fourth-order valence-corrected chi connectivity index (χ4v) is 2.75. The molecule has 1 aromatic carbocycles. The van der Waals surface area contributed by atoms with E-state index >= 15 is 0 Å². The summed E-state index contributed by atoms with van der Waals surface area (Å²) < 4.78 is 16.2. The highest BCUT2D eigenvalue weighted by Crippen LogP contribution is 2.34. The number of amides is 2. The number of hydrogen-bond donors (Lipinski definition) is 2. The fourth-order valence-electron chi connectivity index (χ4n) is 2.75. The van der Waals surface area contributed by atoms with Crippen LogP contribution < -0.4 is 20.1 Å². The summed E-state index contributed by atoms with van der Waals surface area (Å²) in [6, 6.07) is 13.4. The zero-order chi connectivity index (χ0) is 18.9. The van der Waals surface area contributed by atoms with Crippen molar-refractivity contribution in [2.45, 2.75) is 0 Å². The number of rotatable bonds is 3. The van der Waals surface area contributed by atoms with Crippen molar-refractivity contribution >= 4 is 28.8 Å². The van der Waals surface area contributed by atoms with Gasteiger partial charge in [0.25, 0.3) is 0 Å². The van der Waals surface area contributed by atoms with Gasteiger partial charge in [-0.15, -0.1) is 0 Å². The van der Waals surface area contributed by atoms with Crippen molar-refractivity contribution in [1.82, 2.24) is 15.0 Å². The Hall–Kier alpha value is -4.14. The van der Waals surface area contributed by atoms with E-state index in [1.165, 1.54) is 0 Å². The lowest BCUT2D eigenvalue weighted by atomic mass is 10.3. The van der Waals surface area contributed by atoms with Crippen LogP contribution in [0.4, 0.5) is 16.3 Å². The first-order valence-corrected chi connectivity index (χ1v) is 8.41. The van der Waals surface area contributed by atoms with E-state index in [0.717, 1.165) is 0 Å². The molecule has 3 aromatic heterocycles. The number of ether oxygens (including phenoxy) is 2. The molecule has 28 heavy (non-hydrogen) atoms. The van der Waals surface area contributed by atoms with E-state index in [1.807, 2.05) is 0 Å². The van der Waals surface area contributed by atoms with Crippen molar-refractivity contribution in [2.75, 3.05) is 17.4 Å². The lowest BCUT2D eigenvalue weighted by Gasteiger charge is -2.08. The number of carbonyl (C=O) groups is 1. The van der Waals surface area contributed by atoms with E-state index in [2.05, 4.69) is 25.6 Å². The van der Waals surface area contributed by atoms with E-state index in [0.29, 0.717) is 45.8 Å². The Balaban J connectivity index is 1.32. The minimum absolute atomic E-state index is 0.174. The maximum Gasteiger partial charge on any atom is 0.324 e. The Bertz CT molecular complexity index is 1160. The third kappa shape index (κ3) is 3.05. The van der Waals surface area contributed by atoms with Gasteiger partial charge in [0, 0.05) is 18.0 Å². The Labute approximate surface area is 158 Å². The molecule has 0 fully saturated rings. The van der Waals surface area contributed by atoms with Crippen molar-refractivity contribution < 1.29 is 18.7 Å². The highest BCUT2D eigenvalue weighted by Gasteiger charge is 2.15. The Kier molecular flexibility index (Phi) is 3.75. The van der Waals surface area contributed by atoms with Crippen LogP contribution in [0.5, 0.6) is 11.5 Å². The second-order valence-corrected chi connectivity index (χ2v) is 5.90. The number of nitrogens with zero attached hydrogens (tertiary/aromatic N) is 3. The normalized spacial score (nSPS) is 12.1. The third-order valence-corrected chi connectivity index (χ3v) is 4.01. The van der Waals surface area contributed by atoms with Gasteiger partial charge >= 0.3 is 6.03 Å². The zero-order valence-electron chi connectivity index (χ0n) is 14.4. The number of urea groups is 1. The van der Waals surface area contributed by atoms with Crippen molar-refractivity contribution in [3.05, 3.63) is 54.7 Å². The van der Waals surface area contributed by atoms with Crippen LogP contribution in [0.3, 0.4) is 0 Å². The molecule has 2 N–H and O–H groups in total. The van der Waals surface area contributed by atoms with Gasteiger partial charge in [-0.1, -0.05) is 6.07 Å². The van der Waals surface area contributed by atoms with Crippen LogP contribution in [-0.2, 0) is 0 Å². The Morgan fingerprint density at radius 1 is 0.964 bits per heavy atom. The van der Waals surface area contributed by atoms with Crippen molar-refractivity contribution in [3.8, 4) is 23.1 Å². The molecule has 138 valence electrons. The molecule has 0 bridgehead atoms. The average Bonchev–Trinajstić information content (AvgIpc) is 3.34. The largest absolute Gasteiger partial charge is 0.454 e. The van der Waals surface area contributed by atoms with Gasteiger partial charge in [0.05, 0.1) is 0 Å². The Morgan fingerprint density at radius 3 is 2.82 bits per heavy atom. The molecule has 5 rings (SSSR count). The average molecular weight is 375 g/mol. The lowest BCUT2D eigenvalue weighted by molar-refractivity contribution is 0.174. The maximum absolute atomic E-state index is 12.3. The van der Waals surface area contributed by atoms with Gasteiger partial charge in [-0.3, -0.25) is 5.32 Å². The molecule has 0 spiro atoms. The highest BCUT2D eigenvalue weighted by molar-refractivity contribution is 5.99. The monoisotopic (exact) mass is 375 g/mol. The van der Waals surface area contributed by atoms with Gasteiger partial charge < -0.3 is 19.2 Å². The summed E-state index contributed by atoms with van der Waals surface area (Å²) >= 11 is 0. The minimum Gasteiger partial charge on any atom is -0.454 e. The summed E-state index contributed by atoms with van der Waals surface area (Å²) in [5, 5.41) is 5.41. The topological polar surface area (TPSA) is 111 Å². The summed E-state index contributed by atoms with van der Waals surface area (Å²) in [5.41, 5.74) is 2.12. The summed E-state index contributed by atoms with van der Waals surface area (Å²) in [4.78, 5) is 25.1. The summed E-state index contributed by atoms with van der Waals surface area (Å²) in [6.07, 6.45) is 1.64. The van der Waals surface area contributed by atoms with E-state index in [4.69, 9.17) is 13.9 Å². The van der Waals surface area contributed by atoms with Crippen LogP contribution in [0, 0.1) is 0 Å². The number of aromatic nitrogens is 3. The quantitative estimate of drug-likeness (QED) is 0.562. The molecular weight excluding hydrogens is 362 g/mol. The minimum atomic E-state index is -0.442. The van der Waals surface area contributed by atoms with Gasteiger partial charge in [0.1, 0.15) is 11.5 Å². The summed E-state index contributed by atoms with van der Waals surface area (Å²) in [7, 11) is 0. The van der Waals surface area contributed by atoms with Crippen molar-refractivity contribution in [3.63, 3.8) is 0 Å². The summed E-state index contributed by atoms with van der Waals surface area (Å²) in [6.45, 7) is 0.174. The molecule has 0 unspecified atom stereocenters. The summed E-state index contributed by atoms with van der Waals surface area (Å²) in [5.74, 6) is 1.91. The van der Waals surface area contributed by atoms with Crippen LogP contribution >= 0.6 is 0 Å². The number of pyridine rings is 2. The molecule has 0 saturated heterocycles. The predicted octanol–water partition coefficient (Wildman–Crippen LogP) is 3.66. The van der Waals surface area contributed by atoms with Crippen molar-refractivity contribution in [1.29, 1.82) is 0 Å². The number of anilines is 2. The smallest absolute Gasteiger partial charge is 0.324 e. The number of benzene rings is 1. The number of carbonyl (C=O) groups excluding carboxylic acids is 1. The van der Waals surface area contributed by atoms with Gasteiger partial charge in [0.2, 0.25) is 12.7 Å². The second-order valence-electron chi connectivity index (χ2n) is 5.90. The first-order chi connectivity index (χ1) is 13.7. The number of nitrogens with one attached hydrogen (secondary N) is 2. The van der Waals surface area contributed by atoms with Crippen LogP contribution in [0.2, 0.25) is 0 Å². The molecule has 9 heteroatoms. The molecule has 0 radical (unpaired) electrons. The zero-order valence-corrected chi connectivity index (χ0v) is 14.4. The van der Waals surface area contributed by atoms with Gasteiger partial charge in [-0.2, -0.15) is 4.98 Å². The van der Waals surface area contributed by atoms with Gasteiger partial charge in [0.15, 0.2) is 22.7 Å². The van der Waals surface area contributed by atoms with Crippen LogP contribution in [0.1, 0.15) is 0 Å². The standard InChI is InChI=1S/C19H13N5O4/c25-19(21-11-6-7-13-15(9-11)27-10-26-13)23-16-5-1-3-12(22-16)18-24-17-14(28-18)4-2-8-20-17/h1-9H,10H2,(H2,21,22,23,25). The molecule has 4 aromatic rings. The van der Waals surface area contributed by atoms with Crippen LogP contribution in [0.25, 0.3) is 22.8 Å². The lowest BCUT2D eigenvalue weighted by Crippen LogP contribution is -2.20. The molecule has 4 heterocycles. The molecule has 0 aliphatic carbocycles. The fraction of sp³-hybridized carbons (Fsp3) is 0.0526. The molecule has 2 amide bonds. The van der Waals surface area contributed by atoms with E-state index in [1.54, 1.807) is 54.7 Å². The molecule has 9 nitrogen and oxygen atoms in total. The Morgan fingerprint density at radius 2 is 1.89 bits per heavy atom. The number of hydrogen-bond acceptors (Lipinski definition) is 7. The van der Waals surface area contributed by atoms with Gasteiger partial charge in [-0.25, -0.2) is 14.8 Å².